The van der Waals surface area contributed by atoms with E-state index in [1.165, 1.54) is 0 Å². The van der Waals surface area contributed by atoms with Crippen molar-refractivity contribution in [1.29, 1.82) is 0 Å². The summed E-state index contributed by atoms with van der Waals surface area (Å²) in [5, 5.41) is 20.3. The summed E-state index contributed by atoms with van der Waals surface area (Å²) >= 11 is 0. The highest BCUT2D eigenvalue weighted by Crippen LogP contribution is 2.37. The summed E-state index contributed by atoms with van der Waals surface area (Å²) in [5.74, 6) is 0.548. The van der Waals surface area contributed by atoms with Crippen molar-refractivity contribution in [2.75, 3.05) is 5.73 Å². The van der Waals surface area contributed by atoms with Crippen molar-refractivity contribution in [1.82, 2.24) is 0 Å². The maximum absolute atomic E-state index is 10.2. The van der Waals surface area contributed by atoms with Gasteiger partial charge in [0.25, 0.3) is 0 Å². The largest absolute Gasteiger partial charge is 0.508 e. The van der Waals surface area contributed by atoms with E-state index in [1.54, 1.807) is 12.1 Å². The molecule has 0 aromatic heterocycles. The van der Waals surface area contributed by atoms with E-state index in [4.69, 9.17) is 5.73 Å². The second-order valence-electron chi connectivity index (χ2n) is 6.44. The zero-order chi connectivity index (χ0) is 18.0. The molecule has 0 amide bonds. The molecule has 0 spiro atoms. The molecule has 3 rings (SSSR count). The molecule has 0 aliphatic heterocycles. The molecule has 0 unspecified atom stereocenters. The van der Waals surface area contributed by atoms with Crippen LogP contribution in [0.25, 0.3) is 0 Å². The van der Waals surface area contributed by atoms with Gasteiger partial charge in [-0.1, -0.05) is 42.5 Å². The lowest BCUT2D eigenvalue weighted by molar-refractivity contribution is 0.468. The van der Waals surface area contributed by atoms with Crippen molar-refractivity contribution in [3.63, 3.8) is 0 Å². The highest BCUT2D eigenvalue weighted by Gasteiger charge is 2.21. The van der Waals surface area contributed by atoms with Gasteiger partial charge in [-0.3, -0.25) is 0 Å². The lowest BCUT2D eigenvalue weighted by atomic mass is 9.81. The van der Waals surface area contributed by atoms with Crippen LogP contribution in [-0.4, -0.2) is 10.2 Å². The Balaban J connectivity index is 2.16. The molecule has 0 aliphatic rings. The second-order valence-corrected chi connectivity index (χ2v) is 6.44. The lowest BCUT2D eigenvalue weighted by Gasteiger charge is -2.23. The number of nitrogens with two attached hydrogens (primary N) is 1. The smallest absolute Gasteiger partial charge is 0.118 e. The molecular formula is C22H23NO2. The summed E-state index contributed by atoms with van der Waals surface area (Å²) in [6.07, 6.45) is 0.696. The Morgan fingerprint density at radius 3 is 1.80 bits per heavy atom. The molecule has 3 aromatic carbocycles. The highest BCUT2D eigenvalue weighted by molar-refractivity contribution is 5.52. The van der Waals surface area contributed by atoms with E-state index in [9.17, 15) is 10.2 Å². The first-order chi connectivity index (χ1) is 12.0. The molecule has 0 fully saturated rings. The maximum Gasteiger partial charge on any atom is 0.118 e. The number of nitrogen functional groups attached to an aromatic ring is 1. The first kappa shape index (κ1) is 16.9. The Kier molecular flexibility index (Phi) is 4.66. The number of hydrogen-bond acceptors (Lipinski definition) is 3. The monoisotopic (exact) mass is 333 g/mol. The van der Waals surface area contributed by atoms with Crippen LogP contribution in [0.2, 0.25) is 0 Å². The van der Waals surface area contributed by atoms with E-state index in [-0.39, 0.29) is 17.4 Å². The molecule has 0 saturated carbocycles. The number of rotatable bonds is 4. The normalized spacial score (nSPS) is 11.0. The number of phenols is 2. The zero-order valence-electron chi connectivity index (χ0n) is 14.5. The molecule has 0 aliphatic carbocycles. The minimum atomic E-state index is -0.0103. The number of benzene rings is 3. The first-order valence-electron chi connectivity index (χ1n) is 8.39. The number of anilines is 1. The molecule has 128 valence electrons. The average molecular weight is 333 g/mol. The minimum absolute atomic E-state index is 0.0103. The predicted molar refractivity (Wildman–Crippen MR) is 102 cm³/mol. The molecule has 25 heavy (non-hydrogen) atoms. The molecule has 3 aromatic rings. The molecule has 0 heterocycles. The van der Waals surface area contributed by atoms with E-state index in [1.807, 2.05) is 62.4 Å². The lowest BCUT2D eigenvalue weighted by Crippen LogP contribution is -2.10. The number of phenolic OH excluding ortho intramolecular Hbond substituents is 2. The van der Waals surface area contributed by atoms with Gasteiger partial charge in [0.2, 0.25) is 0 Å². The quantitative estimate of drug-likeness (QED) is 0.608. The van der Waals surface area contributed by atoms with Crippen LogP contribution in [0.1, 0.15) is 33.7 Å². The summed E-state index contributed by atoms with van der Waals surface area (Å²) in [4.78, 5) is 0. The molecule has 0 atom stereocenters. The Labute approximate surface area is 148 Å². The Morgan fingerprint density at radius 2 is 1.28 bits per heavy atom. The topological polar surface area (TPSA) is 66.5 Å². The van der Waals surface area contributed by atoms with Crippen LogP contribution in [0.15, 0.2) is 60.7 Å². The Hall–Kier alpha value is -2.94. The SMILES string of the molecule is Cc1c(O)cccc1C(Cc1ccccc1N)c1cccc(O)c1C. The van der Waals surface area contributed by atoms with Crippen LogP contribution in [0.3, 0.4) is 0 Å². The van der Waals surface area contributed by atoms with Crippen LogP contribution in [0.4, 0.5) is 5.69 Å². The van der Waals surface area contributed by atoms with Crippen LogP contribution >= 0.6 is 0 Å². The number of hydrogen-bond donors (Lipinski definition) is 3. The van der Waals surface area contributed by atoms with Gasteiger partial charge in [-0.15, -0.1) is 0 Å². The van der Waals surface area contributed by atoms with Crippen molar-refractivity contribution in [2.45, 2.75) is 26.2 Å². The van der Waals surface area contributed by atoms with Crippen LogP contribution in [0.5, 0.6) is 11.5 Å². The van der Waals surface area contributed by atoms with E-state index >= 15 is 0 Å². The van der Waals surface area contributed by atoms with Crippen molar-refractivity contribution >= 4 is 5.69 Å². The van der Waals surface area contributed by atoms with Crippen LogP contribution in [0, 0.1) is 13.8 Å². The minimum Gasteiger partial charge on any atom is -0.508 e. The molecule has 3 nitrogen and oxygen atoms in total. The Morgan fingerprint density at radius 1 is 0.760 bits per heavy atom. The summed E-state index contributed by atoms with van der Waals surface area (Å²) in [6.45, 7) is 3.84. The van der Waals surface area contributed by atoms with Gasteiger partial charge in [0, 0.05) is 11.6 Å². The average Bonchev–Trinajstić information content (AvgIpc) is 2.60. The van der Waals surface area contributed by atoms with Crippen molar-refractivity contribution < 1.29 is 10.2 Å². The van der Waals surface area contributed by atoms with Gasteiger partial charge in [0.1, 0.15) is 11.5 Å². The fourth-order valence-electron chi connectivity index (χ4n) is 3.36. The summed E-state index contributed by atoms with van der Waals surface area (Å²) < 4.78 is 0. The Bertz CT molecular complexity index is 851. The summed E-state index contributed by atoms with van der Waals surface area (Å²) in [6, 6.07) is 19.0. The van der Waals surface area contributed by atoms with Crippen LogP contribution < -0.4 is 5.73 Å². The predicted octanol–water partition coefficient (Wildman–Crippen LogP) is 4.67. The second kappa shape index (κ2) is 6.89. The summed E-state index contributed by atoms with van der Waals surface area (Å²) in [7, 11) is 0. The molecule has 0 radical (unpaired) electrons. The molecule has 0 saturated heterocycles. The van der Waals surface area contributed by atoms with Gasteiger partial charge in [-0.2, -0.15) is 0 Å². The third-order valence-corrected chi connectivity index (χ3v) is 4.92. The molecule has 4 N–H and O–H groups in total. The van der Waals surface area contributed by atoms with E-state index < -0.39 is 0 Å². The van der Waals surface area contributed by atoms with Crippen molar-refractivity contribution in [3.05, 3.63) is 88.5 Å². The van der Waals surface area contributed by atoms with Crippen molar-refractivity contribution in [3.8, 4) is 11.5 Å². The van der Waals surface area contributed by atoms with Gasteiger partial charge in [0.05, 0.1) is 0 Å². The van der Waals surface area contributed by atoms with E-state index in [2.05, 4.69) is 0 Å². The number of aromatic hydroxyl groups is 2. The maximum atomic E-state index is 10.2. The number of para-hydroxylation sites is 1. The first-order valence-corrected chi connectivity index (χ1v) is 8.39. The third-order valence-electron chi connectivity index (χ3n) is 4.92. The fraction of sp³-hybridized carbons (Fsp3) is 0.182. The molecule has 3 heteroatoms. The fourth-order valence-corrected chi connectivity index (χ4v) is 3.36. The zero-order valence-corrected chi connectivity index (χ0v) is 14.5. The summed E-state index contributed by atoms with van der Waals surface area (Å²) in [5.41, 5.74) is 11.7. The van der Waals surface area contributed by atoms with Gasteiger partial charge in [-0.05, 0) is 66.3 Å². The van der Waals surface area contributed by atoms with Crippen LogP contribution in [-0.2, 0) is 6.42 Å². The van der Waals surface area contributed by atoms with Gasteiger partial charge in [0.15, 0.2) is 0 Å². The highest BCUT2D eigenvalue weighted by atomic mass is 16.3. The van der Waals surface area contributed by atoms with Crippen molar-refractivity contribution in [2.24, 2.45) is 0 Å². The van der Waals surface area contributed by atoms with Gasteiger partial charge < -0.3 is 15.9 Å². The third kappa shape index (κ3) is 3.31. The van der Waals surface area contributed by atoms with E-state index in [0.717, 1.165) is 33.5 Å². The standard InChI is InChI=1S/C22H23NO2/c1-14-17(8-5-11-21(14)24)19(13-16-7-3-4-10-20(16)23)18-9-6-12-22(25)15(18)2/h3-12,19,24-25H,13,23H2,1-2H3. The van der Waals surface area contributed by atoms with E-state index in [0.29, 0.717) is 6.42 Å². The van der Waals surface area contributed by atoms with Gasteiger partial charge in [-0.25, -0.2) is 0 Å². The van der Waals surface area contributed by atoms with Gasteiger partial charge >= 0.3 is 0 Å². The molecule has 0 bridgehead atoms. The molecular weight excluding hydrogens is 310 g/mol.